The Morgan fingerprint density at radius 3 is 2.50 bits per heavy atom. The second-order valence-corrected chi connectivity index (χ2v) is 3.16. The van der Waals surface area contributed by atoms with Crippen molar-refractivity contribution in [3.8, 4) is 0 Å². The summed E-state index contributed by atoms with van der Waals surface area (Å²) >= 11 is 0. The van der Waals surface area contributed by atoms with Crippen LogP contribution in [0.15, 0.2) is 0 Å². The van der Waals surface area contributed by atoms with Gasteiger partial charge in [0.15, 0.2) is 0 Å². The number of imide groups is 1. The number of amides is 2. The average molecular weight is 200 g/mol. The molecule has 0 spiro atoms. The van der Waals surface area contributed by atoms with Crippen LogP contribution in [0.25, 0.3) is 0 Å². The topological polar surface area (TPSA) is 58.6 Å². The summed E-state index contributed by atoms with van der Waals surface area (Å²) in [6.07, 6.45) is 0.948. The van der Waals surface area contributed by atoms with Gasteiger partial charge in [-0.1, -0.05) is 6.92 Å². The van der Waals surface area contributed by atoms with Crippen molar-refractivity contribution in [3.05, 3.63) is 0 Å². The molecule has 5 nitrogen and oxygen atoms in total. The normalized spacial score (nSPS) is 17.6. The van der Waals surface area contributed by atoms with Crippen LogP contribution in [0, 0.1) is 0 Å². The van der Waals surface area contributed by atoms with Gasteiger partial charge in [-0.3, -0.25) is 19.8 Å². The molecule has 0 radical (unpaired) electrons. The first-order valence-corrected chi connectivity index (χ1v) is 4.87. The summed E-state index contributed by atoms with van der Waals surface area (Å²) in [5.74, 6) is -0.331. The van der Waals surface area contributed by atoms with Gasteiger partial charge in [-0.25, -0.2) is 0 Å². The Kier molecular flexibility index (Phi) is 4.55. The fourth-order valence-corrected chi connectivity index (χ4v) is 1.26. The van der Waals surface area contributed by atoms with E-state index in [1.165, 1.54) is 4.90 Å². The Morgan fingerprint density at radius 1 is 1.29 bits per heavy atom. The van der Waals surface area contributed by atoms with Gasteiger partial charge >= 0.3 is 0 Å². The van der Waals surface area contributed by atoms with Gasteiger partial charge < -0.3 is 4.74 Å². The van der Waals surface area contributed by atoms with Crippen molar-refractivity contribution in [2.24, 2.45) is 0 Å². The number of ether oxygens (including phenoxy) is 1. The molecule has 2 amide bonds. The second-order valence-electron chi connectivity index (χ2n) is 3.16. The predicted molar refractivity (Wildman–Crippen MR) is 50.7 cm³/mol. The Balaban J connectivity index is 2.26. The van der Waals surface area contributed by atoms with Gasteiger partial charge in [0.1, 0.15) is 0 Å². The molecule has 0 saturated carbocycles. The van der Waals surface area contributed by atoms with E-state index >= 15 is 0 Å². The van der Waals surface area contributed by atoms with Crippen LogP contribution in [0.5, 0.6) is 0 Å². The number of carbonyl (C=O) groups excluding carboxylic acids is 2. The van der Waals surface area contributed by atoms with Crippen molar-refractivity contribution in [3.63, 3.8) is 0 Å². The third-order valence-corrected chi connectivity index (χ3v) is 1.96. The highest BCUT2D eigenvalue weighted by Gasteiger charge is 2.24. The molecule has 0 aromatic carbocycles. The predicted octanol–water partition coefficient (Wildman–Crippen LogP) is -0.629. The van der Waals surface area contributed by atoms with Crippen LogP contribution in [0.3, 0.4) is 0 Å². The monoisotopic (exact) mass is 200 g/mol. The first-order chi connectivity index (χ1) is 6.75. The Bertz CT molecular complexity index is 202. The van der Waals surface area contributed by atoms with Crippen molar-refractivity contribution in [1.29, 1.82) is 0 Å². The molecule has 5 heteroatoms. The molecule has 80 valence electrons. The lowest BCUT2D eigenvalue weighted by atomic mass is 10.3. The minimum Gasteiger partial charge on any atom is -0.380 e. The van der Waals surface area contributed by atoms with E-state index in [-0.39, 0.29) is 24.9 Å². The minimum atomic E-state index is -0.165. The first kappa shape index (κ1) is 11.1. The van der Waals surface area contributed by atoms with Gasteiger partial charge in [0.25, 0.3) is 0 Å². The molecule has 0 atom stereocenters. The Morgan fingerprint density at radius 2 is 1.93 bits per heavy atom. The third-order valence-electron chi connectivity index (χ3n) is 1.96. The number of hydrogen-bond donors (Lipinski definition) is 1. The molecule has 0 aromatic rings. The summed E-state index contributed by atoms with van der Waals surface area (Å²) < 4.78 is 5.22. The minimum absolute atomic E-state index is 0.165. The van der Waals surface area contributed by atoms with Crippen LogP contribution in [0.2, 0.25) is 0 Å². The molecule has 0 unspecified atom stereocenters. The summed E-state index contributed by atoms with van der Waals surface area (Å²) in [7, 11) is 0. The summed E-state index contributed by atoms with van der Waals surface area (Å²) in [6, 6.07) is 0. The van der Waals surface area contributed by atoms with E-state index in [0.29, 0.717) is 19.8 Å². The quantitative estimate of drug-likeness (QED) is 0.474. The molecule has 1 saturated heterocycles. The van der Waals surface area contributed by atoms with E-state index in [1.807, 2.05) is 6.92 Å². The largest absolute Gasteiger partial charge is 0.380 e. The average Bonchev–Trinajstić information content (AvgIpc) is 2.16. The van der Waals surface area contributed by atoms with Crippen LogP contribution >= 0.6 is 0 Å². The van der Waals surface area contributed by atoms with Gasteiger partial charge in [-0.15, -0.1) is 0 Å². The second kappa shape index (κ2) is 5.72. The lowest BCUT2D eigenvalue weighted by molar-refractivity contribution is -0.147. The number of nitrogens with one attached hydrogen (secondary N) is 1. The summed E-state index contributed by atoms with van der Waals surface area (Å²) in [5, 5.41) is 2.73. The highest BCUT2D eigenvalue weighted by Crippen LogP contribution is 1.96. The van der Waals surface area contributed by atoms with Crippen LogP contribution in [-0.4, -0.2) is 49.6 Å². The maximum atomic E-state index is 11.3. The van der Waals surface area contributed by atoms with Crippen LogP contribution in [0.1, 0.15) is 13.3 Å². The molecule has 0 bridgehead atoms. The number of hydrogen-bond acceptors (Lipinski definition) is 4. The number of carbonyl (C=O) groups is 2. The van der Waals surface area contributed by atoms with Gasteiger partial charge in [-0.2, -0.15) is 0 Å². The zero-order valence-electron chi connectivity index (χ0n) is 8.41. The fraction of sp³-hybridized carbons (Fsp3) is 0.778. The third kappa shape index (κ3) is 3.08. The molecule has 1 rings (SSSR count). The van der Waals surface area contributed by atoms with Gasteiger partial charge in [0.2, 0.25) is 11.8 Å². The standard InChI is InChI=1S/C9H16N2O3/c1-2-4-14-5-3-11-8(12)6-10-7-9(11)13/h10H,2-7H2,1H3. The Labute approximate surface area is 83.4 Å². The van der Waals surface area contributed by atoms with Crippen molar-refractivity contribution < 1.29 is 14.3 Å². The van der Waals surface area contributed by atoms with Crippen molar-refractivity contribution in [1.82, 2.24) is 10.2 Å². The van der Waals surface area contributed by atoms with Crippen molar-refractivity contribution >= 4 is 11.8 Å². The van der Waals surface area contributed by atoms with E-state index in [4.69, 9.17) is 4.74 Å². The van der Waals surface area contributed by atoms with Crippen molar-refractivity contribution in [2.75, 3.05) is 32.8 Å². The van der Waals surface area contributed by atoms with Crippen molar-refractivity contribution in [2.45, 2.75) is 13.3 Å². The van der Waals surface area contributed by atoms with E-state index in [2.05, 4.69) is 5.32 Å². The van der Waals surface area contributed by atoms with E-state index in [1.54, 1.807) is 0 Å². The number of rotatable bonds is 5. The fourth-order valence-electron chi connectivity index (χ4n) is 1.26. The molecule has 1 fully saturated rings. The first-order valence-electron chi connectivity index (χ1n) is 4.87. The highest BCUT2D eigenvalue weighted by molar-refractivity contribution is 5.99. The van der Waals surface area contributed by atoms with Crippen LogP contribution in [0.4, 0.5) is 0 Å². The van der Waals surface area contributed by atoms with Gasteiger partial charge in [0, 0.05) is 6.61 Å². The lowest BCUT2D eigenvalue weighted by Gasteiger charge is -2.25. The molecule has 14 heavy (non-hydrogen) atoms. The Hall–Kier alpha value is -0.940. The summed E-state index contributed by atoms with van der Waals surface area (Å²) in [6.45, 7) is 4.00. The maximum absolute atomic E-state index is 11.3. The van der Waals surface area contributed by atoms with E-state index in [9.17, 15) is 9.59 Å². The smallest absolute Gasteiger partial charge is 0.243 e. The molecule has 0 aliphatic carbocycles. The summed E-state index contributed by atoms with van der Waals surface area (Å²) in [4.78, 5) is 23.8. The maximum Gasteiger partial charge on any atom is 0.243 e. The number of piperazine rings is 1. The zero-order valence-corrected chi connectivity index (χ0v) is 8.41. The zero-order chi connectivity index (χ0) is 10.4. The van der Waals surface area contributed by atoms with Crippen LogP contribution in [-0.2, 0) is 14.3 Å². The highest BCUT2D eigenvalue weighted by atomic mass is 16.5. The molecular weight excluding hydrogens is 184 g/mol. The van der Waals surface area contributed by atoms with E-state index in [0.717, 1.165) is 6.42 Å². The van der Waals surface area contributed by atoms with Gasteiger partial charge in [0.05, 0.1) is 26.2 Å². The number of nitrogens with zero attached hydrogens (tertiary/aromatic N) is 1. The van der Waals surface area contributed by atoms with E-state index < -0.39 is 0 Å². The SMILES string of the molecule is CCCOCCN1C(=O)CNCC1=O. The van der Waals surface area contributed by atoms with Gasteiger partial charge in [-0.05, 0) is 6.42 Å². The molecule has 1 aliphatic rings. The molecule has 0 aromatic heterocycles. The molecule has 1 N–H and O–H groups in total. The molecule has 1 aliphatic heterocycles. The summed E-state index contributed by atoms with van der Waals surface area (Å²) in [5.41, 5.74) is 0. The van der Waals surface area contributed by atoms with Crippen LogP contribution < -0.4 is 5.32 Å². The molecular formula is C9H16N2O3. The molecule has 1 heterocycles. The lowest BCUT2D eigenvalue weighted by Crippen LogP contribution is -2.52.